The van der Waals surface area contributed by atoms with E-state index in [-0.39, 0.29) is 5.82 Å². The molecule has 2 aromatic heterocycles. The number of fused-ring (bicyclic) bond motifs is 1. The third-order valence-corrected chi connectivity index (χ3v) is 4.35. The maximum Gasteiger partial charge on any atom is 0.142 e. The Kier molecular flexibility index (Phi) is 3.66. The third-order valence-electron chi connectivity index (χ3n) is 4.35. The smallest absolute Gasteiger partial charge is 0.142 e. The summed E-state index contributed by atoms with van der Waals surface area (Å²) in [6.07, 6.45) is 0. The molecule has 0 fully saturated rings. The minimum atomic E-state index is -0.274. The molecule has 0 bridgehead atoms. The Labute approximate surface area is 144 Å². The molecule has 0 aliphatic heterocycles. The molecule has 2 aromatic carbocycles. The number of nitrogens with zero attached hydrogens (tertiary/aromatic N) is 1. The lowest BCUT2D eigenvalue weighted by atomic mass is 9.96. The van der Waals surface area contributed by atoms with Crippen molar-refractivity contribution in [2.24, 2.45) is 5.73 Å². The summed E-state index contributed by atoms with van der Waals surface area (Å²) in [5.74, 6) is 1.18. The lowest BCUT2D eigenvalue weighted by molar-refractivity contribution is 0.393. The molecule has 0 atom stereocenters. The first-order chi connectivity index (χ1) is 12.1. The first-order valence-electron chi connectivity index (χ1n) is 8.02. The van der Waals surface area contributed by atoms with Gasteiger partial charge < -0.3 is 14.7 Å². The van der Waals surface area contributed by atoms with Crippen LogP contribution in [0.5, 0.6) is 0 Å². The lowest BCUT2D eigenvalue weighted by Gasteiger charge is -2.07. The average molecular weight is 336 g/mol. The van der Waals surface area contributed by atoms with Crippen molar-refractivity contribution in [3.63, 3.8) is 0 Å². The van der Waals surface area contributed by atoms with E-state index < -0.39 is 0 Å². The monoisotopic (exact) mass is 336 g/mol. The van der Waals surface area contributed by atoms with Crippen LogP contribution in [0.15, 0.2) is 51.4 Å². The Morgan fingerprint density at radius 1 is 1.04 bits per heavy atom. The number of benzene rings is 2. The van der Waals surface area contributed by atoms with Gasteiger partial charge in [-0.25, -0.2) is 4.39 Å². The predicted octanol–water partition coefficient (Wildman–Crippen LogP) is 4.97. The topological polar surface area (TPSA) is 65.2 Å². The van der Waals surface area contributed by atoms with E-state index >= 15 is 0 Å². The number of furan rings is 1. The first kappa shape index (κ1) is 15.6. The average Bonchev–Trinajstić information content (AvgIpc) is 3.17. The molecule has 0 aliphatic carbocycles. The largest absolute Gasteiger partial charge is 0.459 e. The molecular weight excluding hydrogens is 319 g/mol. The molecule has 0 saturated carbocycles. The Balaban J connectivity index is 2.02. The van der Waals surface area contributed by atoms with Crippen LogP contribution >= 0.6 is 0 Å². The van der Waals surface area contributed by atoms with Crippen molar-refractivity contribution in [1.29, 1.82) is 0 Å². The molecule has 0 aliphatic rings. The molecule has 4 nitrogen and oxygen atoms in total. The van der Waals surface area contributed by atoms with Gasteiger partial charge in [-0.1, -0.05) is 17.3 Å². The highest BCUT2D eigenvalue weighted by Crippen LogP contribution is 2.37. The number of aryl methyl sites for hydroxylation is 2. The summed E-state index contributed by atoms with van der Waals surface area (Å²) in [5, 5.41) is 4.98. The Hall–Kier alpha value is -2.92. The van der Waals surface area contributed by atoms with E-state index in [1.165, 1.54) is 12.1 Å². The molecule has 25 heavy (non-hydrogen) atoms. The maximum atomic E-state index is 13.3. The van der Waals surface area contributed by atoms with Crippen molar-refractivity contribution >= 4 is 11.0 Å². The SMILES string of the molecule is Cc1noc(C)c1-c1cc(-c2ccc(F)cc2)c2oc(CN)cc2c1. The third kappa shape index (κ3) is 2.62. The second-order valence-electron chi connectivity index (χ2n) is 6.07. The molecule has 126 valence electrons. The lowest BCUT2D eigenvalue weighted by Crippen LogP contribution is -1.92. The van der Waals surface area contributed by atoms with E-state index in [2.05, 4.69) is 5.16 Å². The summed E-state index contributed by atoms with van der Waals surface area (Å²) in [4.78, 5) is 0. The van der Waals surface area contributed by atoms with Crippen molar-refractivity contribution in [2.45, 2.75) is 20.4 Å². The Morgan fingerprint density at radius 2 is 1.80 bits per heavy atom. The number of aromatic nitrogens is 1. The van der Waals surface area contributed by atoms with Gasteiger partial charge in [-0.2, -0.15) is 0 Å². The molecule has 0 radical (unpaired) electrons. The van der Waals surface area contributed by atoms with E-state index in [4.69, 9.17) is 14.7 Å². The molecule has 5 heteroatoms. The van der Waals surface area contributed by atoms with Crippen LogP contribution < -0.4 is 5.73 Å². The first-order valence-corrected chi connectivity index (χ1v) is 8.02. The molecule has 2 heterocycles. The van der Waals surface area contributed by atoms with Gasteiger partial charge in [0.05, 0.1) is 12.2 Å². The van der Waals surface area contributed by atoms with Crippen LogP contribution in [0.1, 0.15) is 17.2 Å². The molecule has 0 spiro atoms. The zero-order valence-electron chi connectivity index (χ0n) is 14.0. The molecule has 4 rings (SSSR count). The molecule has 0 saturated heterocycles. The van der Waals surface area contributed by atoms with Crippen molar-refractivity contribution in [1.82, 2.24) is 5.16 Å². The van der Waals surface area contributed by atoms with Crippen LogP contribution in [0.2, 0.25) is 0 Å². The van der Waals surface area contributed by atoms with Crippen molar-refractivity contribution in [3.8, 4) is 22.3 Å². The van der Waals surface area contributed by atoms with E-state index in [1.807, 2.05) is 32.0 Å². The quantitative estimate of drug-likeness (QED) is 0.574. The van der Waals surface area contributed by atoms with Gasteiger partial charge in [-0.05, 0) is 55.3 Å². The standard InChI is InChI=1S/C20H17FN2O2/c1-11-19(12(2)25-23-11)14-7-15-8-17(10-22)24-20(15)18(9-14)13-3-5-16(21)6-4-13/h3-9H,10,22H2,1-2H3. The van der Waals surface area contributed by atoms with E-state index in [9.17, 15) is 4.39 Å². The van der Waals surface area contributed by atoms with Gasteiger partial charge in [0.25, 0.3) is 0 Å². The van der Waals surface area contributed by atoms with Gasteiger partial charge in [0.2, 0.25) is 0 Å². The van der Waals surface area contributed by atoms with Crippen LogP contribution in [0.4, 0.5) is 4.39 Å². The summed E-state index contributed by atoms with van der Waals surface area (Å²) in [7, 11) is 0. The van der Waals surface area contributed by atoms with Gasteiger partial charge in [0.1, 0.15) is 22.9 Å². The number of hydrogen-bond acceptors (Lipinski definition) is 4. The number of nitrogens with two attached hydrogens (primary N) is 1. The fourth-order valence-electron chi connectivity index (χ4n) is 3.19. The summed E-state index contributed by atoms with van der Waals surface area (Å²) < 4.78 is 24.5. The summed E-state index contributed by atoms with van der Waals surface area (Å²) in [5.41, 5.74) is 11.0. The second-order valence-corrected chi connectivity index (χ2v) is 6.07. The van der Waals surface area contributed by atoms with Gasteiger partial charge in [0, 0.05) is 16.5 Å². The van der Waals surface area contributed by atoms with Gasteiger partial charge in [-0.15, -0.1) is 0 Å². The van der Waals surface area contributed by atoms with E-state index in [0.717, 1.165) is 44.7 Å². The second kappa shape index (κ2) is 5.86. The van der Waals surface area contributed by atoms with Crippen LogP contribution in [0.25, 0.3) is 33.2 Å². The molecule has 4 aromatic rings. The van der Waals surface area contributed by atoms with E-state index in [0.29, 0.717) is 12.3 Å². The van der Waals surface area contributed by atoms with Crippen molar-refractivity contribution in [3.05, 3.63) is 65.5 Å². The molecule has 2 N–H and O–H groups in total. The highest BCUT2D eigenvalue weighted by Gasteiger charge is 2.17. The molecule has 0 amide bonds. The van der Waals surface area contributed by atoms with E-state index in [1.54, 1.807) is 12.1 Å². The highest BCUT2D eigenvalue weighted by molar-refractivity contribution is 5.97. The number of rotatable bonds is 3. The Morgan fingerprint density at radius 3 is 2.44 bits per heavy atom. The van der Waals surface area contributed by atoms with Gasteiger partial charge in [0.15, 0.2) is 0 Å². The molecule has 0 unspecified atom stereocenters. The predicted molar refractivity (Wildman–Crippen MR) is 94.5 cm³/mol. The highest BCUT2D eigenvalue weighted by atomic mass is 19.1. The van der Waals surface area contributed by atoms with Gasteiger partial charge in [-0.3, -0.25) is 0 Å². The zero-order chi connectivity index (χ0) is 17.6. The summed E-state index contributed by atoms with van der Waals surface area (Å²) in [6.45, 7) is 4.12. The van der Waals surface area contributed by atoms with Crippen LogP contribution in [0, 0.1) is 19.7 Å². The minimum Gasteiger partial charge on any atom is -0.459 e. The zero-order valence-corrected chi connectivity index (χ0v) is 14.0. The number of halogens is 1. The van der Waals surface area contributed by atoms with Gasteiger partial charge >= 0.3 is 0 Å². The maximum absolute atomic E-state index is 13.3. The normalized spacial score (nSPS) is 11.4. The van der Waals surface area contributed by atoms with Crippen molar-refractivity contribution in [2.75, 3.05) is 0 Å². The van der Waals surface area contributed by atoms with Crippen molar-refractivity contribution < 1.29 is 13.3 Å². The van der Waals surface area contributed by atoms with Crippen LogP contribution in [-0.4, -0.2) is 5.16 Å². The summed E-state index contributed by atoms with van der Waals surface area (Å²) >= 11 is 0. The molecular formula is C20H17FN2O2. The van der Waals surface area contributed by atoms with Crippen LogP contribution in [0.3, 0.4) is 0 Å². The Bertz CT molecular complexity index is 1040. The number of hydrogen-bond donors (Lipinski definition) is 1. The minimum absolute atomic E-state index is 0.274. The fraction of sp³-hybridized carbons (Fsp3) is 0.150. The fourth-order valence-corrected chi connectivity index (χ4v) is 3.19. The summed E-state index contributed by atoms with van der Waals surface area (Å²) in [6, 6.07) is 12.4. The van der Waals surface area contributed by atoms with Crippen LogP contribution in [-0.2, 0) is 6.54 Å².